The summed E-state index contributed by atoms with van der Waals surface area (Å²) in [6, 6.07) is 4.37. The van der Waals surface area contributed by atoms with E-state index in [1.54, 1.807) is 7.11 Å². The minimum Gasteiger partial charge on any atom is -0.496 e. The molecule has 0 amide bonds. The number of benzene rings is 1. The molecule has 0 spiro atoms. The molecule has 1 rings (SSSR count). The Morgan fingerprint density at radius 3 is 2.33 bits per heavy atom. The molecule has 0 radical (unpaired) electrons. The second-order valence-electron chi connectivity index (χ2n) is 4.90. The summed E-state index contributed by atoms with van der Waals surface area (Å²) in [5, 5.41) is 3.47. The maximum Gasteiger partial charge on any atom is 0.124 e. The third-order valence-electron chi connectivity index (χ3n) is 3.40. The number of rotatable bonds is 7. The van der Waals surface area contributed by atoms with Gasteiger partial charge in [-0.25, -0.2) is 0 Å². The molecule has 1 unspecified atom stereocenters. The van der Waals surface area contributed by atoms with Gasteiger partial charge in [-0.1, -0.05) is 25.5 Å². The second-order valence-corrected chi connectivity index (χ2v) is 4.90. The largest absolute Gasteiger partial charge is 0.496 e. The van der Waals surface area contributed by atoms with Crippen LogP contribution in [0.2, 0.25) is 0 Å². The first-order chi connectivity index (χ1) is 8.62. The highest BCUT2D eigenvalue weighted by Gasteiger charge is 2.06. The summed E-state index contributed by atoms with van der Waals surface area (Å²) < 4.78 is 5.37. The van der Waals surface area contributed by atoms with E-state index in [2.05, 4.69) is 38.2 Å². The minimum absolute atomic E-state index is 0.574. The van der Waals surface area contributed by atoms with Crippen LogP contribution in [0.4, 0.5) is 0 Å². The topological polar surface area (TPSA) is 47.3 Å². The van der Waals surface area contributed by atoms with Crippen molar-refractivity contribution in [1.82, 2.24) is 5.32 Å². The summed E-state index contributed by atoms with van der Waals surface area (Å²) in [7, 11) is 1.72. The molecule has 102 valence electrons. The van der Waals surface area contributed by atoms with Crippen molar-refractivity contribution in [2.75, 3.05) is 20.2 Å². The molecule has 0 bridgehead atoms. The molecule has 1 aromatic rings. The van der Waals surface area contributed by atoms with E-state index >= 15 is 0 Å². The van der Waals surface area contributed by atoms with Crippen molar-refractivity contribution in [2.24, 2.45) is 11.7 Å². The summed E-state index contributed by atoms with van der Waals surface area (Å²) in [5.74, 6) is 1.57. The number of ether oxygens (including phenoxy) is 1. The first kappa shape index (κ1) is 15.0. The van der Waals surface area contributed by atoms with Crippen molar-refractivity contribution in [3.8, 4) is 5.75 Å². The number of hydrogen-bond donors (Lipinski definition) is 2. The van der Waals surface area contributed by atoms with E-state index in [-0.39, 0.29) is 0 Å². The number of nitrogens with two attached hydrogens (primary N) is 1. The van der Waals surface area contributed by atoms with E-state index in [0.29, 0.717) is 5.92 Å². The summed E-state index contributed by atoms with van der Waals surface area (Å²) in [6.45, 7) is 8.98. The number of nitrogens with one attached hydrogen (secondary N) is 1. The van der Waals surface area contributed by atoms with E-state index < -0.39 is 0 Å². The van der Waals surface area contributed by atoms with Gasteiger partial charge in [0, 0.05) is 6.54 Å². The third-order valence-corrected chi connectivity index (χ3v) is 3.40. The van der Waals surface area contributed by atoms with Crippen LogP contribution in [0.15, 0.2) is 12.1 Å². The van der Waals surface area contributed by atoms with Gasteiger partial charge in [-0.05, 0) is 49.5 Å². The summed E-state index contributed by atoms with van der Waals surface area (Å²) >= 11 is 0. The predicted molar refractivity (Wildman–Crippen MR) is 77.0 cm³/mol. The van der Waals surface area contributed by atoms with E-state index in [1.807, 2.05) is 0 Å². The van der Waals surface area contributed by atoms with Crippen LogP contribution >= 0.6 is 0 Å². The third kappa shape index (κ3) is 4.00. The smallest absolute Gasteiger partial charge is 0.124 e. The van der Waals surface area contributed by atoms with Gasteiger partial charge in [0.15, 0.2) is 0 Å². The lowest BCUT2D eigenvalue weighted by Gasteiger charge is -2.15. The monoisotopic (exact) mass is 250 g/mol. The average Bonchev–Trinajstić information content (AvgIpc) is 2.34. The molecule has 18 heavy (non-hydrogen) atoms. The Bertz CT molecular complexity index is 350. The Hall–Kier alpha value is -1.06. The van der Waals surface area contributed by atoms with E-state index in [4.69, 9.17) is 10.5 Å². The van der Waals surface area contributed by atoms with Crippen molar-refractivity contribution in [3.05, 3.63) is 28.8 Å². The van der Waals surface area contributed by atoms with Crippen LogP contribution in [0.3, 0.4) is 0 Å². The summed E-state index contributed by atoms with van der Waals surface area (Å²) in [6.07, 6.45) is 1.13. The molecule has 0 aromatic heterocycles. The average molecular weight is 250 g/mol. The molecule has 1 aromatic carbocycles. The molecule has 0 saturated heterocycles. The Kier molecular flexibility index (Phi) is 6.16. The van der Waals surface area contributed by atoms with Gasteiger partial charge in [-0.3, -0.25) is 0 Å². The van der Waals surface area contributed by atoms with Crippen molar-refractivity contribution in [1.29, 1.82) is 0 Å². The highest BCUT2D eigenvalue weighted by atomic mass is 16.5. The maximum atomic E-state index is 5.69. The molecule has 0 aliphatic heterocycles. The van der Waals surface area contributed by atoms with Gasteiger partial charge in [0.1, 0.15) is 5.75 Å². The first-order valence-electron chi connectivity index (χ1n) is 6.67. The van der Waals surface area contributed by atoms with Gasteiger partial charge in [-0.2, -0.15) is 0 Å². The van der Waals surface area contributed by atoms with Gasteiger partial charge in [-0.15, -0.1) is 0 Å². The zero-order valence-corrected chi connectivity index (χ0v) is 12.0. The van der Waals surface area contributed by atoms with E-state index in [1.165, 1.54) is 16.7 Å². The molecule has 0 saturated carbocycles. The molecular formula is C15H26N2O. The molecule has 3 heteroatoms. The summed E-state index contributed by atoms with van der Waals surface area (Å²) in [4.78, 5) is 0. The molecular weight excluding hydrogens is 224 g/mol. The standard InChI is InChI=1S/C15H26N2O/c1-5-13(8-16)9-17-10-14-6-11(2)15(18-4)12(3)7-14/h6-7,13,17H,5,8-10,16H2,1-4H3. The van der Waals surface area contributed by atoms with Crippen molar-refractivity contribution < 1.29 is 4.74 Å². The van der Waals surface area contributed by atoms with Crippen LogP contribution in [0.1, 0.15) is 30.0 Å². The van der Waals surface area contributed by atoms with Crippen molar-refractivity contribution >= 4 is 0 Å². The Morgan fingerprint density at radius 1 is 1.28 bits per heavy atom. The molecule has 3 nitrogen and oxygen atoms in total. The second kappa shape index (κ2) is 7.39. The Balaban J connectivity index is 2.58. The molecule has 0 aliphatic rings. The SMILES string of the molecule is CCC(CN)CNCc1cc(C)c(OC)c(C)c1. The molecule has 0 aliphatic carbocycles. The fraction of sp³-hybridized carbons (Fsp3) is 0.600. The Labute approximate surface area is 111 Å². The van der Waals surface area contributed by atoms with Gasteiger partial charge in [0.2, 0.25) is 0 Å². The molecule has 3 N–H and O–H groups in total. The van der Waals surface area contributed by atoms with Crippen LogP contribution in [0.25, 0.3) is 0 Å². The highest BCUT2D eigenvalue weighted by molar-refractivity contribution is 5.43. The van der Waals surface area contributed by atoms with Crippen molar-refractivity contribution in [2.45, 2.75) is 33.7 Å². The zero-order chi connectivity index (χ0) is 13.5. The Morgan fingerprint density at radius 2 is 1.89 bits per heavy atom. The lowest BCUT2D eigenvalue weighted by Crippen LogP contribution is -2.27. The maximum absolute atomic E-state index is 5.69. The van der Waals surface area contributed by atoms with Crippen LogP contribution < -0.4 is 15.8 Å². The number of hydrogen-bond acceptors (Lipinski definition) is 3. The van der Waals surface area contributed by atoms with Gasteiger partial charge in [0.25, 0.3) is 0 Å². The van der Waals surface area contributed by atoms with Crippen LogP contribution in [-0.4, -0.2) is 20.2 Å². The van der Waals surface area contributed by atoms with Crippen LogP contribution in [0.5, 0.6) is 5.75 Å². The quantitative estimate of drug-likeness (QED) is 0.781. The molecule has 0 heterocycles. The fourth-order valence-electron chi connectivity index (χ4n) is 2.28. The molecule has 0 fully saturated rings. The lowest BCUT2D eigenvalue weighted by atomic mass is 10.0. The molecule has 1 atom stereocenters. The van der Waals surface area contributed by atoms with Crippen LogP contribution in [0, 0.1) is 19.8 Å². The number of aryl methyl sites for hydroxylation is 2. The highest BCUT2D eigenvalue weighted by Crippen LogP contribution is 2.24. The lowest BCUT2D eigenvalue weighted by molar-refractivity contribution is 0.408. The van der Waals surface area contributed by atoms with Gasteiger partial charge in [0.05, 0.1) is 7.11 Å². The van der Waals surface area contributed by atoms with Crippen molar-refractivity contribution in [3.63, 3.8) is 0 Å². The van der Waals surface area contributed by atoms with Crippen LogP contribution in [-0.2, 0) is 6.54 Å². The fourth-order valence-corrected chi connectivity index (χ4v) is 2.28. The normalized spacial score (nSPS) is 12.5. The summed E-state index contributed by atoms with van der Waals surface area (Å²) in [5.41, 5.74) is 9.38. The van der Waals surface area contributed by atoms with E-state index in [0.717, 1.165) is 31.8 Å². The van der Waals surface area contributed by atoms with Gasteiger partial charge >= 0.3 is 0 Å². The number of methoxy groups -OCH3 is 1. The minimum atomic E-state index is 0.574. The van der Waals surface area contributed by atoms with Gasteiger partial charge < -0.3 is 15.8 Å². The predicted octanol–water partition coefficient (Wildman–Crippen LogP) is 2.39. The van der Waals surface area contributed by atoms with E-state index in [9.17, 15) is 0 Å². The first-order valence-corrected chi connectivity index (χ1v) is 6.67. The zero-order valence-electron chi connectivity index (χ0n) is 12.0.